The third-order valence-corrected chi connectivity index (χ3v) is 3.68. The maximum Gasteiger partial charge on any atom is 0.255 e. The van der Waals surface area contributed by atoms with Crippen LogP contribution in [0.2, 0.25) is 5.02 Å². The summed E-state index contributed by atoms with van der Waals surface area (Å²) in [6.07, 6.45) is 0. The first-order chi connectivity index (χ1) is 8.09. The Kier molecular flexibility index (Phi) is 4.22. The molecule has 0 N–H and O–H groups in total. The van der Waals surface area contributed by atoms with Gasteiger partial charge in [0.2, 0.25) is 0 Å². The second-order valence-electron chi connectivity index (χ2n) is 3.65. The van der Waals surface area contributed by atoms with E-state index in [9.17, 15) is 9.18 Å². The quantitative estimate of drug-likeness (QED) is 0.562. The smallest absolute Gasteiger partial charge is 0.255 e. The summed E-state index contributed by atoms with van der Waals surface area (Å²) in [5, 5.41) is 0.152. The molecular weight excluding hydrogens is 359 g/mol. The number of benzene rings is 1. The van der Waals surface area contributed by atoms with Crippen molar-refractivity contribution in [1.82, 2.24) is 4.90 Å². The number of halogens is 3. The van der Waals surface area contributed by atoms with Crippen LogP contribution in [0.1, 0.15) is 10.4 Å². The van der Waals surface area contributed by atoms with Gasteiger partial charge >= 0.3 is 0 Å². The summed E-state index contributed by atoms with van der Waals surface area (Å²) in [5.41, 5.74) is 0.347. The zero-order valence-electron chi connectivity index (χ0n) is 8.88. The second-order valence-corrected chi connectivity index (χ2v) is 5.22. The van der Waals surface area contributed by atoms with Gasteiger partial charge in [0.1, 0.15) is 5.82 Å². The summed E-state index contributed by atoms with van der Waals surface area (Å²) >= 11 is 7.74. The van der Waals surface area contributed by atoms with Crippen LogP contribution in [-0.4, -0.2) is 37.1 Å². The predicted molar refractivity (Wildman–Crippen MR) is 70.8 cm³/mol. The van der Waals surface area contributed by atoms with E-state index < -0.39 is 5.82 Å². The predicted octanol–water partition coefficient (Wildman–Crippen LogP) is 2.56. The van der Waals surface area contributed by atoms with Gasteiger partial charge in [-0.3, -0.25) is 4.79 Å². The third-order valence-electron chi connectivity index (χ3n) is 2.54. The standard InChI is InChI=1S/C11H10ClFINO2/c12-8-6-9(13)10(14)5-7(8)11(16)15-1-3-17-4-2-15/h5-6H,1-4H2. The molecule has 1 aliphatic rings. The van der Waals surface area contributed by atoms with Crippen molar-refractivity contribution in [3.63, 3.8) is 0 Å². The number of morpholine rings is 1. The summed E-state index contributed by atoms with van der Waals surface area (Å²) in [6.45, 7) is 2.15. The van der Waals surface area contributed by atoms with Gasteiger partial charge < -0.3 is 9.64 Å². The van der Waals surface area contributed by atoms with E-state index in [2.05, 4.69) is 0 Å². The molecule has 1 aromatic carbocycles. The van der Waals surface area contributed by atoms with Crippen molar-refractivity contribution >= 4 is 40.1 Å². The molecule has 2 rings (SSSR count). The van der Waals surface area contributed by atoms with Gasteiger partial charge in [0.15, 0.2) is 0 Å². The lowest BCUT2D eigenvalue weighted by atomic mass is 10.2. The molecular formula is C11H10ClFINO2. The van der Waals surface area contributed by atoms with Crippen molar-refractivity contribution < 1.29 is 13.9 Å². The zero-order chi connectivity index (χ0) is 12.4. The average Bonchev–Trinajstić information content (AvgIpc) is 2.34. The summed E-state index contributed by atoms with van der Waals surface area (Å²) in [7, 11) is 0. The molecule has 1 fully saturated rings. The molecule has 0 aliphatic carbocycles. The van der Waals surface area contributed by atoms with Crippen molar-refractivity contribution in [2.45, 2.75) is 0 Å². The molecule has 1 amide bonds. The molecule has 1 heterocycles. The van der Waals surface area contributed by atoms with Gasteiger partial charge in [0, 0.05) is 16.7 Å². The van der Waals surface area contributed by atoms with Crippen LogP contribution in [-0.2, 0) is 4.74 Å². The molecule has 1 aliphatic heterocycles. The molecule has 6 heteroatoms. The number of rotatable bonds is 1. The largest absolute Gasteiger partial charge is 0.378 e. The van der Waals surface area contributed by atoms with Crippen molar-refractivity contribution in [1.29, 1.82) is 0 Å². The maximum absolute atomic E-state index is 13.2. The molecule has 3 nitrogen and oxygen atoms in total. The van der Waals surface area contributed by atoms with Crippen LogP contribution < -0.4 is 0 Å². The van der Waals surface area contributed by atoms with Gasteiger partial charge in [0.25, 0.3) is 5.91 Å². The van der Waals surface area contributed by atoms with Gasteiger partial charge in [-0.15, -0.1) is 0 Å². The number of hydrogen-bond acceptors (Lipinski definition) is 2. The van der Waals surface area contributed by atoms with Crippen molar-refractivity contribution in [3.05, 3.63) is 32.1 Å². The van der Waals surface area contributed by atoms with E-state index in [0.717, 1.165) is 0 Å². The first-order valence-electron chi connectivity index (χ1n) is 5.11. The minimum absolute atomic E-state index is 0.152. The fraction of sp³-hybridized carbons (Fsp3) is 0.364. The Bertz CT molecular complexity index is 449. The number of amides is 1. The molecule has 0 spiro atoms. The molecule has 17 heavy (non-hydrogen) atoms. The lowest BCUT2D eigenvalue weighted by molar-refractivity contribution is 0.0303. The van der Waals surface area contributed by atoms with Crippen molar-refractivity contribution in [3.8, 4) is 0 Å². The topological polar surface area (TPSA) is 29.5 Å². The van der Waals surface area contributed by atoms with Crippen LogP contribution in [0.5, 0.6) is 0 Å². The monoisotopic (exact) mass is 369 g/mol. The zero-order valence-corrected chi connectivity index (χ0v) is 11.8. The highest BCUT2D eigenvalue weighted by Gasteiger charge is 2.21. The highest BCUT2D eigenvalue weighted by Crippen LogP contribution is 2.23. The summed E-state index contributed by atoms with van der Waals surface area (Å²) < 4.78 is 18.8. The Hall–Kier alpha value is -0.400. The van der Waals surface area contributed by atoms with E-state index in [1.165, 1.54) is 12.1 Å². The Morgan fingerprint density at radius 2 is 2.06 bits per heavy atom. The van der Waals surface area contributed by atoms with Crippen LogP contribution in [0.3, 0.4) is 0 Å². The van der Waals surface area contributed by atoms with Crippen molar-refractivity contribution in [2.75, 3.05) is 26.3 Å². The summed E-state index contributed by atoms with van der Waals surface area (Å²) in [6, 6.07) is 2.66. The fourth-order valence-electron chi connectivity index (χ4n) is 1.62. The SMILES string of the molecule is O=C(c1cc(I)c(F)cc1Cl)N1CCOCC1. The molecule has 92 valence electrons. The van der Waals surface area contributed by atoms with Crippen molar-refractivity contribution in [2.24, 2.45) is 0 Å². The molecule has 0 unspecified atom stereocenters. The van der Waals surface area contributed by atoms with E-state index in [0.29, 0.717) is 35.4 Å². The van der Waals surface area contributed by atoms with Crippen LogP contribution in [0.15, 0.2) is 12.1 Å². The van der Waals surface area contributed by atoms with Gasteiger partial charge in [-0.25, -0.2) is 4.39 Å². The van der Waals surface area contributed by atoms with Crippen LogP contribution in [0, 0.1) is 9.39 Å². The van der Waals surface area contributed by atoms with E-state index in [1.807, 2.05) is 22.6 Å². The first-order valence-corrected chi connectivity index (χ1v) is 6.57. The summed E-state index contributed by atoms with van der Waals surface area (Å²) in [5.74, 6) is -0.578. The van der Waals surface area contributed by atoms with Gasteiger partial charge in [-0.05, 0) is 34.7 Å². The molecule has 0 atom stereocenters. The lowest BCUT2D eigenvalue weighted by Gasteiger charge is -2.27. The normalized spacial score (nSPS) is 16.1. The molecule has 0 aromatic heterocycles. The maximum atomic E-state index is 13.2. The Morgan fingerprint density at radius 1 is 1.41 bits per heavy atom. The van der Waals surface area contributed by atoms with E-state index in [1.54, 1.807) is 4.90 Å². The number of carbonyl (C=O) groups is 1. The van der Waals surface area contributed by atoms with Crippen LogP contribution in [0.4, 0.5) is 4.39 Å². The highest BCUT2D eigenvalue weighted by atomic mass is 127. The van der Waals surface area contributed by atoms with Gasteiger partial charge in [-0.1, -0.05) is 11.6 Å². The minimum atomic E-state index is -0.408. The molecule has 0 saturated carbocycles. The average molecular weight is 370 g/mol. The minimum Gasteiger partial charge on any atom is -0.378 e. The van der Waals surface area contributed by atoms with E-state index in [4.69, 9.17) is 16.3 Å². The van der Waals surface area contributed by atoms with E-state index in [-0.39, 0.29) is 10.9 Å². The Morgan fingerprint density at radius 3 is 2.71 bits per heavy atom. The van der Waals surface area contributed by atoms with Gasteiger partial charge in [-0.2, -0.15) is 0 Å². The third kappa shape index (κ3) is 2.89. The summed E-state index contributed by atoms with van der Waals surface area (Å²) in [4.78, 5) is 13.8. The fourth-order valence-corrected chi connectivity index (χ4v) is 2.32. The van der Waals surface area contributed by atoms with Crippen LogP contribution in [0.25, 0.3) is 0 Å². The molecule has 0 bridgehead atoms. The molecule has 1 saturated heterocycles. The van der Waals surface area contributed by atoms with Gasteiger partial charge in [0.05, 0.1) is 23.8 Å². The number of carbonyl (C=O) groups excluding carboxylic acids is 1. The number of hydrogen-bond donors (Lipinski definition) is 0. The molecule has 1 aromatic rings. The Labute approximate surface area is 117 Å². The number of nitrogens with zero attached hydrogens (tertiary/aromatic N) is 1. The van der Waals surface area contributed by atoms with Crippen LogP contribution >= 0.6 is 34.2 Å². The Balaban J connectivity index is 2.26. The lowest BCUT2D eigenvalue weighted by Crippen LogP contribution is -2.40. The van der Waals surface area contributed by atoms with E-state index >= 15 is 0 Å². The first kappa shape index (κ1) is 13.0. The highest BCUT2D eigenvalue weighted by molar-refractivity contribution is 14.1. The second kappa shape index (κ2) is 5.49. The molecule has 0 radical (unpaired) electrons. The number of ether oxygens (including phenoxy) is 1.